The van der Waals surface area contributed by atoms with Gasteiger partial charge in [-0.1, -0.05) is 23.5 Å². The van der Waals surface area contributed by atoms with E-state index < -0.39 is 15.1 Å². The summed E-state index contributed by atoms with van der Waals surface area (Å²) >= 11 is 1.27. The molecule has 0 aliphatic heterocycles. The molecule has 1 amide bonds. The van der Waals surface area contributed by atoms with Gasteiger partial charge in [-0.2, -0.15) is 4.99 Å². The molecule has 0 N–H and O–H groups in total. The molecule has 3 aromatic rings. The molecular formula is C20H21FN2O3S2. The number of benzene rings is 2. The maximum absolute atomic E-state index is 13.5. The van der Waals surface area contributed by atoms with Gasteiger partial charge in [-0.05, 0) is 56.7 Å². The maximum Gasteiger partial charge on any atom is 0.252 e. The van der Waals surface area contributed by atoms with E-state index in [-0.39, 0.29) is 23.0 Å². The van der Waals surface area contributed by atoms with Crippen molar-refractivity contribution in [2.75, 3.05) is 0 Å². The van der Waals surface area contributed by atoms with Gasteiger partial charge in [-0.25, -0.2) is 12.8 Å². The second kappa shape index (κ2) is 7.97. The quantitative estimate of drug-likeness (QED) is 0.632. The lowest BCUT2D eigenvalue weighted by molar-refractivity contribution is -0.117. The van der Waals surface area contributed by atoms with E-state index in [2.05, 4.69) is 4.99 Å². The van der Waals surface area contributed by atoms with E-state index in [0.29, 0.717) is 16.9 Å². The Labute approximate surface area is 167 Å². The van der Waals surface area contributed by atoms with Crippen LogP contribution in [0.5, 0.6) is 0 Å². The Balaban J connectivity index is 1.87. The number of aryl methyl sites for hydroxylation is 1. The van der Waals surface area contributed by atoms with Crippen LogP contribution in [-0.2, 0) is 27.6 Å². The molecule has 28 heavy (non-hydrogen) atoms. The summed E-state index contributed by atoms with van der Waals surface area (Å²) in [6.07, 6.45) is 0.0638. The van der Waals surface area contributed by atoms with Gasteiger partial charge in [-0.15, -0.1) is 0 Å². The number of carbonyl (C=O) groups excluding carboxylic acids is 1. The van der Waals surface area contributed by atoms with Crippen LogP contribution in [0.15, 0.2) is 52.4 Å². The first kappa shape index (κ1) is 20.4. The number of carbonyl (C=O) groups is 1. The summed E-state index contributed by atoms with van der Waals surface area (Å²) < 4.78 is 40.4. The van der Waals surface area contributed by atoms with E-state index in [4.69, 9.17) is 0 Å². The summed E-state index contributed by atoms with van der Waals surface area (Å²) in [6.45, 7) is 5.81. The zero-order chi connectivity index (χ0) is 20.5. The number of amides is 1. The number of halogens is 1. The van der Waals surface area contributed by atoms with Crippen LogP contribution < -0.4 is 4.80 Å². The highest BCUT2D eigenvalue weighted by molar-refractivity contribution is 7.92. The number of hydrogen-bond acceptors (Lipinski definition) is 4. The first-order chi connectivity index (χ1) is 13.2. The number of nitrogens with zero attached hydrogens (tertiary/aromatic N) is 2. The molecule has 2 aromatic carbocycles. The van der Waals surface area contributed by atoms with Crippen molar-refractivity contribution < 1.29 is 17.6 Å². The molecule has 0 aliphatic rings. The van der Waals surface area contributed by atoms with Crippen LogP contribution in [-0.4, -0.2) is 24.1 Å². The molecule has 0 atom stereocenters. The summed E-state index contributed by atoms with van der Waals surface area (Å²) in [6, 6.07) is 10.8. The van der Waals surface area contributed by atoms with Gasteiger partial charge in [-0.3, -0.25) is 4.79 Å². The fourth-order valence-corrected chi connectivity index (χ4v) is 5.02. The Kier molecular flexibility index (Phi) is 5.81. The number of fused-ring (bicyclic) bond motifs is 1. The largest absolute Gasteiger partial charge is 0.317 e. The van der Waals surface area contributed by atoms with Crippen molar-refractivity contribution in [1.29, 1.82) is 0 Å². The summed E-state index contributed by atoms with van der Waals surface area (Å²) in [7, 11) is -3.34. The highest BCUT2D eigenvalue weighted by atomic mass is 32.2. The van der Waals surface area contributed by atoms with Crippen LogP contribution in [0.2, 0.25) is 0 Å². The van der Waals surface area contributed by atoms with Gasteiger partial charge in [0, 0.05) is 6.54 Å². The van der Waals surface area contributed by atoms with E-state index in [1.54, 1.807) is 32.0 Å². The molecule has 0 fully saturated rings. The zero-order valence-corrected chi connectivity index (χ0v) is 17.5. The number of sulfone groups is 1. The monoisotopic (exact) mass is 420 g/mol. The second-order valence-corrected chi connectivity index (χ2v) is 10.2. The van der Waals surface area contributed by atoms with E-state index in [1.165, 1.54) is 35.6 Å². The van der Waals surface area contributed by atoms with E-state index in [9.17, 15) is 17.6 Å². The highest BCUT2D eigenvalue weighted by Crippen LogP contribution is 2.19. The minimum atomic E-state index is -3.34. The van der Waals surface area contributed by atoms with Crippen molar-refractivity contribution in [2.24, 2.45) is 4.99 Å². The van der Waals surface area contributed by atoms with Crippen molar-refractivity contribution >= 4 is 37.3 Å². The normalized spacial score (nSPS) is 12.8. The summed E-state index contributed by atoms with van der Waals surface area (Å²) in [5, 5.41) is -0.503. The Bertz CT molecular complexity index is 1190. The molecule has 0 saturated carbocycles. The second-order valence-electron chi connectivity index (χ2n) is 6.66. The molecule has 0 spiro atoms. The lowest BCUT2D eigenvalue weighted by Gasteiger charge is -2.08. The first-order valence-electron chi connectivity index (χ1n) is 8.91. The predicted molar refractivity (Wildman–Crippen MR) is 108 cm³/mol. The molecule has 0 unspecified atom stereocenters. The molecule has 3 rings (SSSR count). The molecule has 5 nitrogen and oxygen atoms in total. The van der Waals surface area contributed by atoms with Crippen LogP contribution in [0.1, 0.15) is 26.3 Å². The maximum atomic E-state index is 13.5. The molecule has 0 radical (unpaired) electrons. The summed E-state index contributed by atoms with van der Waals surface area (Å²) in [5.41, 5.74) is 1.52. The minimum Gasteiger partial charge on any atom is -0.317 e. The fourth-order valence-electron chi connectivity index (χ4n) is 2.83. The Morgan fingerprint density at radius 2 is 1.86 bits per heavy atom. The van der Waals surface area contributed by atoms with Gasteiger partial charge in [0.2, 0.25) is 0 Å². The van der Waals surface area contributed by atoms with Crippen molar-refractivity contribution in [1.82, 2.24) is 4.57 Å². The van der Waals surface area contributed by atoms with Gasteiger partial charge in [0.1, 0.15) is 5.82 Å². The van der Waals surface area contributed by atoms with Crippen LogP contribution in [0.4, 0.5) is 4.39 Å². The Morgan fingerprint density at radius 3 is 2.46 bits per heavy atom. The van der Waals surface area contributed by atoms with Crippen LogP contribution in [0.25, 0.3) is 10.2 Å². The van der Waals surface area contributed by atoms with Gasteiger partial charge >= 0.3 is 0 Å². The standard InChI is InChI=1S/C20H21FN2O3S2/c1-4-23-17-10-7-15(21)12-18(17)27-20(23)22-19(24)11-14-5-8-16(9-6-14)28(25,26)13(2)3/h5-10,12-13H,4,11H2,1-3H3. The van der Waals surface area contributed by atoms with Crippen LogP contribution >= 0.6 is 11.3 Å². The fraction of sp³-hybridized carbons (Fsp3) is 0.300. The smallest absolute Gasteiger partial charge is 0.252 e. The third-order valence-corrected chi connectivity index (χ3v) is 7.62. The van der Waals surface area contributed by atoms with Crippen molar-refractivity contribution in [3.63, 3.8) is 0 Å². The third-order valence-electron chi connectivity index (χ3n) is 4.41. The molecule has 0 bridgehead atoms. The minimum absolute atomic E-state index is 0.0638. The van der Waals surface area contributed by atoms with Crippen LogP contribution in [0, 0.1) is 5.82 Å². The predicted octanol–water partition coefficient (Wildman–Crippen LogP) is 3.71. The Hall–Kier alpha value is -2.32. The van der Waals surface area contributed by atoms with Crippen LogP contribution in [0.3, 0.4) is 0 Å². The Morgan fingerprint density at radius 1 is 1.18 bits per heavy atom. The zero-order valence-electron chi connectivity index (χ0n) is 15.8. The SMILES string of the molecule is CCn1c(=NC(=O)Cc2ccc(S(=O)(=O)C(C)C)cc2)sc2cc(F)ccc21. The lowest BCUT2D eigenvalue weighted by atomic mass is 10.1. The van der Waals surface area contributed by atoms with Gasteiger partial charge in [0.15, 0.2) is 14.6 Å². The topological polar surface area (TPSA) is 68.5 Å². The van der Waals surface area contributed by atoms with Gasteiger partial charge in [0.25, 0.3) is 5.91 Å². The molecule has 8 heteroatoms. The van der Waals surface area contributed by atoms with E-state index in [0.717, 1.165) is 10.2 Å². The number of aromatic nitrogens is 1. The van der Waals surface area contributed by atoms with Gasteiger partial charge in [0.05, 0.1) is 26.8 Å². The first-order valence-corrected chi connectivity index (χ1v) is 11.3. The molecule has 0 saturated heterocycles. The van der Waals surface area contributed by atoms with Crippen molar-refractivity contribution in [3.05, 3.63) is 58.6 Å². The lowest BCUT2D eigenvalue weighted by Crippen LogP contribution is -2.16. The number of hydrogen-bond donors (Lipinski definition) is 0. The van der Waals surface area contributed by atoms with E-state index in [1.807, 2.05) is 11.5 Å². The number of thiazole rings is 1. The molecule has 1 heterocycles. The van der Waals surface area contributed by atoms with E-state index >= 15 is 0 Å². The van der Waals surface area contributed by atoms with Gasteiger partial charge < -0.3 is 4.57 Å². The molecule has 1 aromatic heterocycles. The third kappa shape index (κ3) is 4.07. The average Bonchev–Trinajstić information content (AvgIpc) is 2.97. The average molecular weight is 421 g/mol. The van der Waals surface area contributed by atoms with Crippen molar-refractivity contribution in [2.45, 2.75) is 43.9 Å². The molecule has 148 valence electrons. The molecule has 0 aliphatic carbocycles. The number of rotatable bonds is 5. The summed E-state index contributed by atoms with van der Waals surface area (Å²) in [4.78, 5) is 17.4. The highest BCUT2D eigenvalue weighted by Gasteiger charge is 2.18. The summed E-state index contributed by atoms with van der Waals surface area (Å²) in [5.74, 6) is -0.667. The molecular weight excluding hydrogens is 399 g/mol. The van der Waals surface area contributed by atoms with Crippen molar-refractivity contribution in [3.8, 4) is 0 Å².